The van der Waals surface area contributed by atoms with Crippen LogP contribution in [0.5, 0.6) is 0 Å². The third kappa shape index (κ3) is 5.31. The van der Waals surface area contributed by atoms with Gasteiger partial charge in [-0.05, 0) is 86.4 Å². The number of rotatable bonds is 12. The zero-order valence-corrected chi connectivity index (χ0v) is 21.9. The van der Waals surface area contributed by atoms with Gasteiger partial charge in [-0.1, -0.05) is 47.5 Å². The van der Waals surface area contributed by atoms with Crippen LogP contribution >= 0.6 is 0 Å². The molecule has 0 aliphatic heterocycles. The minimum atomic E-state index is -0.168. The lowest BCUT2D eigenvalue weighted by molar-refractivity contribution is -0.166. The molecule has 6 heteroatoms. The molecule has 0 bridgehead atoms. The predicted molar refractivity (Wildman–Crippen MR) is 130 cm³/mol. The van der Waals surface area contributed by atoms with Gasteiger partial charge in [-0.2, -0.15) is 0 Å². The number of carbonyl (C=O) groups is 3. The first-order valence-electron chi connectivity index (χ1n) is 13.5. The molecule has 0 spiro atoms. The summed E-state index contributed by atoms with van der Waals surface area (Å²) < 4.78 is 16.9. The third-order valence-electron chi connectivity index (χ3n) is 10.2. The molecule has 6 nitrogen and oxygen atoms in total. The van der Waals surface area contributed by atoms with E-state index in [1.165, 1.54) is 6.42 Å². The van der Waals surface area contributed by atoms with E-state index in [0.717, 1.165) is 57.8 Å². The van der Waals surface area contributed by atoms with Crippen LogP contribution in [-0.2, 0) is 28.6 Å². The van der Waals surface area contributed by atoms with Crippen molar-refractivity contribution >= 4 is 19.4 Å². The molecule has 3 saturated carbocycles. The van der Waals surface area contributed by atoms with E-state index < -0.39 is 0 Å². The van der Waals surface area contributed by atoms with Gasteiger partial charge in [-0.15, -0.1) is 0 Å². The van der Waals surface area contributed by atoms with Crippen molar-refractivity contribution in [2.45, 2.75) is 117 Å². The van der Waals surface area contributed by atoms with E-state index in [9.17, 15) is 14.4 Å². The van der Waals surface area contributed by atoms with Crippen LogP contribution in [0.4, 0.5) is 0 Å². The molecule has 3 aliphatic carbocycles. The number of hydrogen-bond acceptors (Lipinski definition) is 6. The molecule has 194 valence electrons. The van der Waals surface area contributed by atoms with Gasteiger partial charge in [0.1, 0.15) is 18.3 Å². The highest BCUT2D eigenvalue weighted by Crippen LogP contribution is 2.62. The molecule has 3 fully saturated rings. The maximum absolute atomic E-state index is 11.7. The minimum absolute atomic E-state index is 0.0554. The molecular weight excluding hydrogens is 432 g/mol. The smallest absolute Gasteiger partial charge is 0.293 e. The van der Waals surface area contributed by atoms with Crippen LogP contribution in [0.1, 0.15) is 98.8 Å². The van der Waals surface area contributed by atoms with E-state index in [-0.39, 0.29) is 35.1 Å². The van der Waals surface area contributed by atoms with Crippen LogP contribution in [0.25, 0.3) is 0 Å². The second-order valence-electron chi connectivity index (χ2n) is 12.2. The Hall–Kier alpha value is -1.59. The largest absolute Gasteiger partial charge is 0.465 e. The molecule has 0 radical (unpaired) electrons. The molecule has 0 N–H and O–H groups in total. The van der Waals surface area contributed by atoms with Crippen molar-refractivity contribution in [1.82, 2.24) is 0 Å². The number of carbonyl (C=O) groups excluding carboxylic acids is 3. The van der Waals surface area contributed by atoms with E-state index in [1.54, 1.807) is 0 Å². The van der Waals surface area contributed by atoms with E-state index >= 15 is 0 Å². The van der Waals surface area contributed by atoms with E-state index in [0.29, 0.717) is 43.1 Å². The van der Waals surface area contributed by atoms with Gasteiger partial charge in [0.05, 0.1) is 0 Å². The maximum Gasteiger partial charge on any atom is 0.293 e. The third-order valence-corrected chi connectivity index (χ3v) is 10.2. The maximum atomic E-state index is 11.7. The van der Waals surface area contributed by atoms with Gasteiger partial charge in [-0.3, -0.25) is 14.4 Å². The second-order valence-corrected chi connectivity index (χ2v) is 12.2. The van der Waals surface area contributed by atoms with Crippen LogP contribution in [0.15, 0.2) is 0 Å². The summed E-state index contributed by atoms with van der Waals surface area (Å²) in [5.41, 5.74) is -0.00359. The fourth-order valence-corrected chi connectivity index (χ4v) is 8.34. The van der Waals surface area contributed by atoms with Gasteiger partial charge in [0.15, 0.2) is 0 Å². The molecular formula is C28H46O6. The Kier molecular flexibility index (Phi) is 9.08. The molecule has 0 aromatic heterocycles. The number of fused-ring (bicyclic) bond motifs is 1. The fraction of sp³-hybridized carbons (Fsp3) is 0.893. The predicted octanol–water partition coefficient (Wildman–Crippen LogP) is 5.71. The Morgan fingerprint density at radius 2 is 1.68 bits per heavy atom. The molecule has 0 saturated heterocycles. The first-order chi connectivity index (χ1) is 16.2. The highest BCUT2D eigenvalue weighted by Gasteiger charge is 2.59. The summed E-state index contributed by atoms with van der Waals surface area (Å²) in [6, 6.07) is 0. The van der Waals surface area contributed by atoms with Crippen molar-refractivity contribution in [1.29, 1.82) is 0 Å². The van der Waals surface area contributed by atoms with Gasteiger partial charge >= 0.3 is 0 Å². The first-order valence-corrected chi connectivity index (χ1v) is 13.5. The monoisotopic (exact) mass is 478 g/mol. The van der Waals surface area contributed by atoms with Crippen LogP contribution < -0.4 is 0 Å². The van der Waals surface area contributed by atoms with Gasteiger partial charge in [-0.25, -0.2) is 0 Å². The SMILES string of the molecule is CCC[C@H](C)[C@H]1CC[C@H]2C([C@@H](CC3C[C@H](OC=O)CCC3(C)C)OC=O)CC[C@H](OC=O)[C@]12C. The molecule has 0 heterocycles. The Labute approximate surface area is 205 Å². The molecule has 0 aromatic rings. The van der Waals surface area contributed by atoms with E-state index in [1.807, 2.05) is 0 Å². The van der Waals surface area contributed by atoms with Crippen LogP contribution in [-0.4, -0.2) is 37.7 Å². The molecule has 34 heavy (non-hydrogen) atoms. The standard InChI is InChI=1S/C28H46O6/c1-6-7-19(2)23-9-10-24-22(8-11-26(34-18-31)28(23,24)5)25(33-17-30)15-20-14-21(32-16-29)12-13-27(20,3)4/h16-26H,6-15H2,1-5H3/t19-,20?,21+,22?,23+,24-,25+,26-,28+/m0/s1. The van der Waals surface area contributed by atoms with Crippen LogP contribution in [0.2, 0.25) is 0 Å². The normalized spacial score (nSPS) is 38.7. The average Bonchev–Trinajstić information content (AvgIpc) is 3.15. The van der Waals surface area contributed by atoms with Gasteiger partial charge in [0, 0.05) is 5.41 Å². The molecule has 0 amide bonds. The zero-order chi connectivity index (χ0) is 24.9. The Bertz CT molecular complexity index is 692. The van der Waals surface area contributed by atoms with Crippen molar-refractivity contribution < 1.29 is 28.6 Å². The minimum Gasteiger partial charge on any atom is -0.465 e. The Morgan fingerprint density at radius 1 is 0.941 bits per heavy atom. The van der Waals surface area contributed by atoms with Gasteiger partial charge in [0.25, 0.3) is 19.4 Å². The summed E-state index contributed by atoms with van der Waals surface area (Å²) in [7, 11) is 0. The first kappa shape index (κ1) is 27.0. The number of ether oxygens (including phenoxy) is 3. The molecule has 3 aliphatic rings. The van der Waals surface area contributed by atoms with Crippen LogP contribution in [0.3, 0.4) is 0 Å². The molecule has 9 atom stereocenters. The quantitative estimate of drug-likeness (QED) is 0.264. The van der Waals surface area contributed by atoms with E-state index in [4.69, 9.17) is 14.2 Å². The van der Waals surface area contributed by atoms with Crippen molar-refractivity contribution in [3.05, 3.63) is 0 Å². The van der Waals surface area contributed by atoms with Gasteiger partial charge in [0.2, 0.25) is 0 Å². The second kappa shape index (κ2) is 11.4. The molecule has 3 rings (SSSR count). The van der Waals surface area contributed by atoms with Crippen molar-refractivity contribution in [3.63, 3.8) is 0 Å². The summed E-state index contributed by atoms with van der Waals surface area (Å²) >= 11 is 0. The highest BCUT2D eigenvalue weighted by molar-refractivity contribution is 5.39. The lowest BCUT2D eigenvalue weighted by atomic mass is 9.55. The molecule has 2 unspecified atom stereocenters. The number of hydrogen-bond donors (Lipinski definition) is 0. The van der Waals surface area contributed by atoms with E-state index in [2.05, 4.69) is 34.6 Å². The summed E-state index contributed by atoms with van der Waals surface area (Å²) in [5, 5.41) is 0. The summed E-state index contributed by atoms with van der Waals surface area (Å²) in [6.45, 7) is 13.3. The summed E-state index contributed by atoms with van der Waals surface area (Å²) in [4.78, 5) is 34.0. The van der Waals surface area contributed by atoms with Crippen molar-refractivity contribution in [2.75, 3.05) is 0 Å². The highest BCUT2D eigenvalue weighted by atomic mass is 16.5. The van der Waals surface area contributed by atoms with Crippen molar-refractivity contribution in [3.8, 4) is 0 Å². The zero-order valence-electron chi connectivity index (χ0n) is 21.9. The topological polar surface area (TPSA) is 78.9 Å². The molecule has 0 aromatic carbocycles. The lowest BCUT2D eigenvalue weighted by Gasteiger charge is -2.52. The Morgan fingerprint density at radius 3 is 2.32 bits per heavy atom. The lowest BCUT2D eigenvalue weighted by Crippen LogP contribution is -2.53. The summed E-state index contributed by atoms with van der Waals surface area (Å²) in [6.07, 6.45) is 9.43. The van der Waals surface area contributed by atoms with Gasteiger partial charge < -0.3 is 14.2 Å². The average molecular weight is 479 g/mol. The Balaban J connectivity index is 1.86. The summed E-state index contributed by atoms with van der Waals surface area (Å²) in [5.74, 6) is 1.99. The fourth-order valence-electron chi connectivity index (χ4n) is 8.34. The van der Waals surface area contributed by atoms with Crippen molar-refractivity contribution in [2.24, 2.45) is 40.4 Å². The van der Waals surface area contributed by atoms with Crippen LogP contribution in [0, 0.1) is 40.4 Å².